The molecule has 0 spiro atoms. The fourth-order valence-corrected chi connectivity index (χ4v) is 4.75. The maximum atomic E-state index is 13.4. The second kappa shape index (κ2) is 9.73. The lowest BCUT2D eigenvalue weighted by atomic mass is 9.95. The summed E-state index contributed by atoms with van der Waals surface area (Å²) in [6, 6.07) is 11.1. The molecule has 1 unspecified atom stereocenters. The Labute approximate surface area is 212 Å². The van der Waals surface area contributed by atoms with Gasteiger partial charge in [-0.2, -0.15) is 0 Å². The van der Waals surface area contributed by atoms with Gasteiger partial charge in [-0.05, 0) is 43.2 Å². The summed E-state index contributed by atoms with van der Waals surface area (Å²) in [5.41, 5.74) is 2.38. The van der Waals surface area contributed by atoms with Crippen molar-refractivity contribution in [3.63, 3.8) is 0 Å². The lowest BCUT2D eigenvalue weighted by molar-refractivity contribution is -0.139. The van der Waals surface area contributed by atoms with Crippen LogP contribution in [0.2, 0.25) is 0 Å². The lowest BCUT2D eigenvalue weighted by Crippen LogP contribution is -2.31. The molecule has 1 aliphatic rings. The van der Waals surface area contributed by atoms with Crippen LogP contribution < -0.4 is 0 Å². The molecule has 1 aliphatic heterocycles. The number of Topliss-reactive ketones (excluding diaryl/α,β-unsaturated/α-hetero) is 1. The number of hydrogen-bond donors (Lipinski definition) is 1. The molecule has 1 amide bonds. The van der Waals surface area contributed by atoms with E-state index in [-0.39, 0.29) is 17.9 Å². The molecular formula is C27H25N5O5. The van der Waals surface area contributed by atoms with Crippen LogP contribution in [-0.2, 0) is 20.9 Å². The maximum absolute atomic E-state index is 13.4. The average Bonchev–Trinajstić information content (AvgIpc) is 3.61. The lowest BCUT2D eigenvalue weighted by Gasteiger charge is -2.25. The molecule has 188 valence electrons. The summed E-state index contributed by atoms with van der Waals surface area (Å²) < 4.78 is 8.36. The van der Waals surface area contributed by atoms with Gasteiger partial charge in [0.2, 0.25) is 0 Å². The van der Waals surface area contributed by atoms with Gasteiger partial charge in [0.05, 0.1) is 36.3 Å². The summed E-state index contributed by atoms with van der Waals surface area (Å²) in [5, 5.41) is 11.5. The number of benzene rings is 1. The minimum atomic E-state index is -0.844. The zero-order valence-electron chi connectivity index (χ0n) is 20.4. The van der Waals surface area contributed by atoms with E-state index in [9.17, 15) is 19.5 Å². The molecule has 1 atom stereocenters. The van der Waals surface area contributed by atoms with Gasteiger partial charge in [-0.25, -0.2) is 14.8 Å². The Morgan fingerprint density at radius 3 is 2.57 bits per heavy atom. The summed E-state index contributed by atoms with van der Waals surface area (Å²) in [6.07, 6.45) is 7.49. The van der Waals surface area contributed by atoms with Gasteiger partial charge >= 0.3 is 5.97 Å². The van der Waals surface area contributed by atoms with E-state index in [4.69, 9.17) is 4.74 Å². The highest BCUT2D eigenvalue weighted by atomic mass is 16.5. The molecule has 10 nitrogen and oxygen atoms in total. The first-order valence-electron chi connectivity index (χ1n) is 11.8. The minimum absolute atomic E-state index is 0.0211. The maximum Gasteiger partial charge on any atom is 0.337 e. The third-order valence-electron chi connectivity index (χ3n) is 6.49. The highest BCUT2D eigenvalue weighted by Gasteiger charge is 2.46. The summed E-state index contributed by atoms with van der Waals surface area (Å²) in [4.78, 5) is 48.6. The number of hydrogen-bond acceptors (Lipinski definition) is 7. The van der Waals surface area contributed by atoms with Crippen LogP contribution in [0.25, 0.3) is 11.4 Å². The van der Waals surface area contributed by atoms with Crippen molar-refractivity contribution in [2.75, 3.05) is 13.7 Å². The number of ether oxygens (including phenoxy) is 1. The van der Waals surface area contributed by atoms with Crippen LogP contribution >= 0.6 is 0 Å². The van der Waals surface area contributed by atoms with E-state index in [1.807, 2.05) is 16.8 Å². The predicted molar refractivity (Wildman–Crippen MR) is 134 cm³/mol. The van der Waals surface area contributed by atoms with Crippen LogP contribution in [0, 0.1) is 6.92 Å². The van der Waals surface area contributed by atoms with Gasteiger partial charge < -0.3 is 19.3 Å². The van der Waals surface area contributed by atoms with Crippen LogP contribution in [0.15, 0.2) is 73.0 Å². The fraction of sp³-hybridized carbons (Fsp3) is 0.222. The number of ketones is 1. The van der Waals surface area contributed by atoms with Gasteiger partial charge in [-0.3, -0.25) is 14.0 Å². The third kappa shape index (κ3) is 4.26. The summed E-state index contributed by atoms with van der Waals surface area (Å²) >= 11 is 0. The van der Waals surface area contributed by atoms with Gasteiger partial charge in [0.25, 0.3) is 11.7 Å². The van der Waals surface area contributed by atoms with Crippen LogP contribution in [0.3, 0.4) is 0 Å². The van der Waals surface area contributed by atoms with Crippen molar-refractivity contribution in [2.45, 2.75) is 25.9 Å². The number of likely N-dealkylation sites (tertiary alicyclic amines) is 1. The van der Waals surface area contributed by atoms with E-state index in [0.717, 1.165) is 0 Å². The molecular weight excluding hydrogens is 474 g/mol. The fourth-order valence-electron chi connectivity index (χ4n) is 4.75. The SMILES string of the molecule is COC(=O)c1ccc(C2/C(=C(\O)c3c(C)nc4ccccn34)C(=O)C(=O)N2CCCn2ccnc2)cc1. The Kier molecular flexibility index (Phi) is 6.31. The third-order valence-corrected chi connectivity index (χ3v) is 6.49. The van der Waals surface area contributed by atoms with Crippen molar-refractivity contribution in [1.82, 2.24) is 23.8 Å². The topological polar surface area (TPSA) is 119 Å². The highest BCUT2D eigenvalue weighted by Crippen LogP contribution is 2.40. The van der Waals surface area contributed by atoms with Crippen LogP contribution in [-0.4, -0.2) is 60.3 Å². The normalized spacial score (nSPS) is 17.0. The molecule has 3 aromatic heterocycles. The largest absolute Gasteiger partial charge is 0.505 e. The van der Waals surface area contributed by atoms with E-state index in [0.29, 0.717) is 41.1 Å². The molecule has 0 aliphatic carbocycles. The Bertz CT molecular complexity index is 1520. The number of aromatic nitrogens is 4. The van der Waals surface area contributed by atoms with Crippen molar-refractivity contribution in [2.24, 2.45) is 0 Å². The number of imidazole rings is 2. The van der Waals surface area contributed by atoms with E-state index in [1.165, 1.54) is 12.0 Å². The number of nitrogens with zero attached hydrogens (tertiary/aromatic N) is 5. The second-order valence-corrected chi connectivity index (χ2v) is 8.73. The number of pyridine rings is 1. The summed E-state index contributed by atoms with van der Waals surface area (Å²) in [6.45, 7) is 2.61. The van der Waals surface area contributed by atoms with Crippen molar-refractivity contribution in [1.29, 1.82) is 0 Å². The number of carbonyl (C=O) groups is 3. The molecule has 1 N–H and O–H groups in total. The first-order valence-corrected chi connectivity index (χ1v) is 11.8. The Morgan fingerprint density at radius 2 is 1.86 bits per heavy atom. The van der Waals surface area contributed by atoms with Gasteiger partial charge in [-0.1, -0.05) is 18.2 Å². The molecule has 1 fully saturated rings. The number of aliphatic hydroxyl groups excluding tert-OH is 1. The van der Waals surface area contributed by atoms with Crippen molar-refractivity contribution < 1.29 is 24.2 Å². The van der Waals surface area contributed by atoms with E-state index in [1.54, 1.807) is 66.4 Å². The molecule has 1 saturated heterocycles. The van der Waals surface area contributed by atoms with Gasteiger partial charge in [0.15, 0.2) is 5.76 Å². The van der Waals surface area contributed by atoms with Crippen molar-refractivity contribution in [3.8, 4) is 0 Å². The highest BCUT2D eigenvalue weighted by molar-refractivity contribution is 6.46. The van der Waals surface area contributed by atoms with E-state index < -0.39 is 23.7 Å². The summed E-state index contributed by atoms with van der Waals surface area (Å²) in [7, 11) is 1.30. The van der Waals surface area contributed by atoms with Gasteiger partial charge in [0, 0.05) is 31.7 Å². The molecule has 4 heterocycles. The number of fused-ring (bicyclic) bond motifs is 1. The molecule has 0 radical (unpaired) electrons. The Morgan fingerprint density at radius 1 is 1.08 bits per heavy atom. The monoisotopic (exact) mass is 499 g/mol. The number of amides is 1. The van der Waals surface area contributed by atoms with Crippen molar-refractivity contribution >= 4 is 29.1 Å². The van der Waals surface area contributed by atoms with Crippen LogP contribution in [0.1, 0.15) is 39.8 Å². The number of carbonyl (C=O) groups excluding carboxylic acids is 3. The first kappa shape index (κ1) is 24.0. The molecule has 0 bridgehead atoms. The molecule has 4 aromatic rings. The first-order chi connectivity index (χ1) is 17.9. The van der Waals surface area contributed by atoms with Crippen LogP contribution in [0.4, 0.5) is 0 Å². The molecule has 37 heavy (non-hydrogen) atoms. The van der Waals surface area contributed by atoms with E-state index >= 15 is 0 Å². The number of esters is 1. The number of rotatable bonds is 7. The van der Waals surface area contributed by atoms with Crippen LogP contribution in [0.5, 0.6) is 0 Å². The molecule has 1 aromatic carbocycles. The predicted octanol–water partition coefficient (Wildman–Crippen LogP) is 3.14. The van der Waals surface area contributed by atoms with Crippen molar-refractivity contribution in [3.05, 3.63) is 95.5 Å². The standard InChI is InChI=1S/C27H25N5O5/c1-17-22(31-13-4-3-6-20(31)29-17)24(33)21-23(18-7-9-19(10-8-18)27(36)37-2)32(26(35)25(21)34)14-5-12-30-15-11-28-16-30/h3-4,6-11,13,15-16,23,33H,5,12,14H2,1-2H3/b24-21+. The number of aryl methyl sites for hydroxylation is 2. The minimum Gasteiger partial charge on any atom is -0.505 e. The number of aliphatic hydroxyl groups is 1. The Hall–Kier alpha value is -4.73. The van der Waals surface area contributed by atoms with Gasteiger partial charge in [0.1, 0.15) is 11.3 Å². The van der Waals surface area contributed by atoms with E-state index in [2.05, 4.69) is 9.97 Å². The zero-order chi connectivity index (χ0) is 26.1. The molecule has 0 saturated carbocycles. The quantitative estimate of drug-likeness (QED) is 0.180. The molecule has 5 rings (SSSR count). The zero-order valence-corrected chi connectivity index (χ0v) is 20.4. The Balaban J connectivity index is 1.60. The molecule has 10 heteroatoms. The van der Waals surface area contributed by atoms with Gasteiger partial charge in [-0.15, -0.1) is 0 Å². The number of methoxy groups -OCH3 is 1. The second-order valence-electron chi connectivity index (χ2n) is 8.73. The summed E-state index contributed by atoms with van der Waals surface area (Å²) in [5.74, 6) is -2.26. The average molecular weight is 500 g/mol. The smallest absolute Gasteiger partial charge is 0.337 e.